The monoisotopic (exact) mass is 330 g/mol. The van der Waals surface area contributed by atoms with E-state index in [1.807, 2.05) is 24.3 Å². The van der Waals surface area contributed by atoms with Crippen LogP contribution >= 0.6 is 0 Å². The molecule has 1 N–H and O–H groups in total. The van der Waals surface area contributed by atoms with E-state index in [-0.39, 0.29) is 12.0 Å². The van der Waals surface area contributed by atoms with Gasteiger partial charge in [0.25, 0.3) is 5.91 Å². The van der Waals surface area contributed by atoms with E-state index in [4.69, 9.17) is 9.47 Å². The number of carbonyl (C=O) groups excluding carboxylic acids is 1. The number of rotatable bonds is 6. The molecule has 5 heteroatoms. The molecule has 0 spiro atoms. The first kappa shape index (κ1) is 15.9. The fraction of sp³-hybridized carbons (Fsp3) is 0.632. The van der Waals surface area contributed by atoms with Crippen molar-refractivity contribution >= 4 is 5.91 Å². The first-order valence-corrected chi connectivity index (χ1v) is 9.14. The summed E-state index contributed by atoms with van der Waals surface area (Å²) in [7, 11) is 0. The summed E-state index contributed by atoms with van der Waals surface area (Å²) in [5.41, 5.74) is 0.670. The van der Waals surface area contributed by atoms with Gasteiger partial charge in [-0.05, 0) is 62.4 Å². The highest BCUT2D eigenvalue weighted by atomic mass is 16.5. The Morgan fingerprint density at radius 3 is 2.88 bits per heavy atom. The number of morpholine rings is 1. The van der Waals surface area contributed by atoms with E-state index < -0.39 is 0 Å². The molecule has 130 valence electrons. The summed E-state index contributed by atoms with van der Waals surface area (Å²) < 4.78 is 11.6. The van der Waals surface area contributed by atoms with E-state index in [1.165, 1.54) is 32.2 Å². The molecule has 1 aromatic carbocycles. The quantitative estimate of drug-likeness (QED) is 0.867. The Labute approximate surface area is 143 Å². The number of amides is 1. The molecule has 0 bridgehead atoms. The molecule has 1 amide bonds. The van der Waals surface area contributed by atoms with Gasteiger partial charge in [-0.2, -0.15) is 0 Å². The second kappa shape index (κ2) is 7.11. The third-order valence-electron chi connectivity index (χ3n) is 5.25. The number of nitrogens with one attached hydrogen (secondary N) is 1. The van der Waals surface area contributed by atoms with Crippen molar-refractivity contribution in [2.45, 2.75) is 37.8 Å². The van der Waals surface area contributed by atoms with Crippen molar-refractivity contribution in [2.75, 3.05) is 32.8 Å². The number of ether oxygens (including phenoxy) is 2. The van der Waals surface area contributed by atoms with Crippen LogP contribution in [0.3, 0.4) is 0 Å². The summed E-state index contributed by atoms with van der Waals surface area (Å²) >= 11 is 0. The molecule has 2 saturated heterocycles. The number of hydrogen-bond acceptors (Lipinski definition) is 4. The molecule has 2 aliphatic heterocycles. The molecule has 2 atom stereocenters. The molecule has 4 rings (SSSR count). The zero-order valence-electron chi connectivity index (χ0n) is 14.1. The summed E-state index contributed by atoms with van der Waals surface area (Å²) in [6.45, 7) is 4.26. The molecule has 1 aromatic rings. The molecule has 3 fully saturated rings. The Morgan fingerprint density at radius 2 is 2.08 bits per heavy atom. The minimum atomic E-state index is -0.0455. The Balaban J connectivity index is 1.23. The van der Waals surface area contributed by atoms with Gasteiger partial charge in [-0.15, -0.1) is 0 Å². The van der Waals surface area contributed by atoms with E-state index in [1.54, 1.807) is 0 Å². The third kappa shape index (κ3) is 3.90. The highest BCUT2D eigenvalue weighted by Crippen LogP contribution is 2.29. The van der Waals surface area contributed by atoms with Crippen molar-refractivity contribution in [1.82, 2.24) is 10.2 Å². The van der Waals surface area contributed by atoms with Crippen LogP contribution < -0.4 is 10.1 Å². The van der Waals surface area contributed by atoms with Gasteiger partial charge in [-0.3, -0.25) is 9.69 Å². The molecule has 0 unspecified atom stereocenters. The smallest absolute Gasteiger partial charge is 0.251 e. The number of benzene rings is 1. The molecule has 2 heterocycles. The molecule has 0 radical (unpaired) electrons. The van der Waals surface area contributed by atoms with Crippen LogP contribution in [0.15, 0.2) is 24.3 Å². The summed E-state index contributed by atoms with van der Waals surface area (Å²) in [6, 6.07) is 8.01. The van der Waals surface area contributed by atoms with E-state index >= 15 is 0 Å². The van der Waals surface area contributed by atoms with Crippen molar-refractivity contribution in [3.8, 4) is 5.75 Å². The van der Waals surface area contributed by atoms with Gasteiger partial charge in [0.05, 0.1) is 19.3 Å². The van der Waals surface area contributed by atoms with E-state index in [9.17, 15) is 4.79 Å². The van der Waals surface area contributed by atoms with Crippen LogP contribution in [-0.4, -0.2) is 55.8 Å². The molecular formula is C19H26N2O3. The Kier molecular flexibility index (Phi) is 4.72. The molecule has 24 heavy (non-hydrogen) atoms. The predicted molar refractivity (Wildman–Crippen MR) is 91.3 cm³/mol. The van der Waals surface area contributed by atoms with Crippen LogP contribution in [0.2, 0.25) is 0 Å². The average Bonchev–Trinajstić information content (AvgIpc) is 3.33. The number of nitrogens with zero attached hydrogens (tertiary/aromatic N) is 1. The fourth-order valence-corrected chi connectivity index (χ4v) is 3.52. The first-order valence-electron chi connectivity index (χ1n) is 9.14. The van der Waals surface area contributed by atoms with Crippen molar-refractivity contribution in [3.63, 3.8) is 0 Å². The number of hydrogen-bond donors (Lipinski definition) is 1. The van der Waals surface area contributed by atoms with Crippen molar-refractivity contribution in [1.29, 1.82) is 0 Å². The van der Waals surface area contributed by atoms with Gasteiger partial charge >= 0.3 is 0 Å². The van der Waals surface area contributed by atoms with Gasteiger partial charge in [-0.25, -0.2) is 0 Å². The van der Waals surface area contributed by atoms with E-state index in [0.717, 1.165) is 31.4 Å². The second-order valence-corrected chi connectivity index (χ2v) is 7.24. The SMILES string of the molecule is O=C(NC[C@@H]1CN2CCC[C@@H]2CO1)c1ccc(OCC2CC2)cc1. The molecular weight excluding hydrogens is 304 g/mol. The fourth-order valence-electron chi connectivity index (χ4n) is 3.52. The van der Waals surface area contributed by atoms with Gasteiger partial charge in [0.1, 0.15) is 5.75 Å². The van der Waals surface area contributed by atoms with Crippen molar-refractivity contribution in [2.24, 2.45) is 5.92 Å². The van der Waals surface area contributed by atoms with Crippen LogP contribution in [-0.2, 0) is 4.74 Å². The minimum absolute atomic E-state index is 0.0455. The largest absolute Gasteiger partial charge is 0.493 e. The highest BCUT2D eigenvalue weighted by Gasteiger charge is 2.32. The molecule has 1 saturated carbocycles. The molecule has 1 aliphatic carbocycles. The van der Waals surface area contributed by atoms with Gasteiger partial charge in [0.15, 0.2) is 0 Å². The second-order valence-electron chi connectivity index (χ2n) is 7.24. The summed E-state index contributed by atoms with van der Waals surface area (Å²) in [6.07, 6.45) is 5.17. The highest BCUT2D eigenvalue weighted by molar-refractivity contribution is 5.94. The summed E-state index contributed by atoms with van der Waals surface area (Å²) in [5.74, 6) is 1.53. The van der Waals surface area contributed by atoms with Gasteiger partial charge < -0.3 is 14.8 Å². The zero-order valence-corrected chi connectivity index (χ0v) is 14.1. The maximum absolute atomic E-state index is 12.3. The van der Waals surface area contributed by atoms with Gasteiger partial charge in [0, 0.05) is 24.7 Å². The normalized spacial score (nSPS) is 26.8. The lowest BCUT2D eigenvalue weighted by Gasteiger charge is -2.35. The minimum Gasteiger partial charge on any atom is -0.493 e. The number of carbonyl (C=O) groups is 1. The molecule has 0 aromatic heterocycles. The number of fused-ring (bicyclic) bond motifs is 1. The lowest BCUT2D eigenvalue weighted by atomic mass is 10.1. The van der Waals surface area contributed by atoms with Crippen LogP contribution in [0.25, 0.3) is 0 Å². The third-order valence-corrected chi connectivity index (χ3v) is 5.25. The zero-order chi connectivity index (χ0) is 16.4. The molecule has 3 aliphatic rings. The van der Waals surface area contributed by atoms with Gasteiger partial charge in [0.2, 0.25) is 0 Å². The Bertz CT molecular complexity index is 570. The topological polar surface area (TPSA) is 50.8 Å². The molecule has 5 nitrogen and oxygen atoms in total. The average molecular weight is 330 g/mol. The predicted octanol–water partition coefficient (Wildman–Crippen LogP) is 2.07. The van der Waals surface area contributed by atoms with E-state index in [0.29, 0.717) is 18.2 Å². The van der Waals surface area contributed by atoms with Crippen LogP contribution in [0.5, 0.6) is 5.75 Å². The van der Waals surface area contributed by atoms with Gasteiger partial charge in [-0.1, -0.05) is 0 Å². The van der Waals surface area contributed by atoms with E-state index in [2.05, 4.69) is 10.2 Å². The Hall–Kier alpha value is -1.59. The van der Waals surface area contributed by atoms with Crippen LogP contribution in [0.1, 0.15) is 36.0 Å². The maximum atomic E-state index is 12.3. The standard InChI is InChI=1S/C19H26N2O3/c22-19(15-5-7-17(8-6-15)23-12-14-3-4-14)20-10-18-11-21-9-1-2-16(21)13-24-18/h5-8,14,16,18H,1-4,9-13H2,(H,20,22)/t16-,18-/m1/s1. The van der Waals surface area contributed by atoms with Crippen LogP contribution in [0.4, 0.5) is 0 Å². The van der Waals surface area contributed by atoms with Crippen molar-refractivity contribution in [3.05, 3.63) is 29.8 Å². The maximum Gasteiger partial charge on any atom is 0.251 e. The lowest BCUT2D eigenvalue weighted by Crippen LogP contribution is -2.50. The first-order chi connectivity index (χ1) is 11.8. The van der Waals surface area contributed by atoms with Crippen molar-refractivity contribution < 1.29 is 14.3 Å². The summed E-state index contributed by atoms with van der Waals surface area (Å²) in [5, 5.41) is 3.00. The summed E-state index contributed by atoms with van der Waals surface area (Å²) in [4.78, 5) is 14.8. The van der Waals surface area contributed by atoms with Crippen LogP contribution in [0, 0.1) is 5.92 Å². The lowest BCUT2D eigenvalue weighted by molar-refractivity contribution is -0.0461. The Morgan fingerprint density at radius 1 is 1.25 bits per heavy atom.